The van der Waals surface area contributed by atoms with Crippen molar-refractivity contribution in [2.45, 2.75) is 37.8 Å². The van der Waals surface area contributed by atoms with Gasteiger partial charge in [0.25, 0.3) is 0 Å². The van der Waals surface area contributed by atoms with Crippen molar-refractivity contribution in [3.05, 3.63) is 28.8 Å². The van der Waals surface area contributed by atoms with Crippen LogP contribution >= 0.6 is 12.6 Å². The fourth-order valence-electron chi connectivity index (χ4n) is 1.89. The molecule has 17 heavy (non-hydrogen) atoms. The third-order valence-corrected chi connectivity index (χ3v) is 4.35. The second kappa shape index (κ2) is 5.42. The monoisotopic (exact) mass is 273 g/mol. The van der Waals surface area contributed by atoms with E-state index >= 15 is 0 Å². The van der Waals surface area contributed by atoms with Gasteiger partial charge < -0.3 is 0 Å². The van der Waals surface area contributed by atoms with Crippen LogP contribution < -0.4 is 4.72 Å². The van der Waals surface area contributed by atoms with Gasteiger partial charge in [0.15, 0.2) is 0 Å². The van der Waals surface area contributed by atoms with Crippen LogP contribution in [0.15, 0.2) is 17.0 Å². The number of nitrogens with one attached hydrogen (secondary N) is 1. The van der Waals surface area contributed by atoms with Crippen LogP contribution in [0.3, 0.4) is 0 Å². The van der Waals surface area contributed by atoms with Crippen LogP contribution in [0.1, 0.15) is 23.6 Å². The summed E-state index contributed by atoms with van der Waals surface area (Å²) in [5.74, 6) is 0. The van der Waals surface area contributed by atoms with Gasteiger partial charge in [-0.05, 0) is 31.9 Å². The molecule has 0 aliphatic rings. The van der Waals surface area contributed by atoms with Gasteiger partial charge in [-0.1, -0.05) is 24.6 Å². The SMILES string of the molecule is Cc1cc(C)c(S(=O)(=O)NCC(C)S)c(C)c1. The molecule has 1 unspecified atom stereocenters. The molecule has 96 valence electrons. The number of hydrogen-bond donors (Lipinski definition) is 2. The van der Waals surface area contributed by atoms with E-state index in [9.17, 15) is 8.42 Å². The van der Waals surface area contributed by atoms with Crippen LogP contribution in [0.4, 0.5) is 0 Å². The summed E-state index contributed by atoms with van der Waals surface area (Å²) in [7, 11) is -3.43. The largest absolute Gasteiger partial charge is 0.241 e. The molecule has 0 saturated carbocycles. The Morgan fingerprint density at radius 1 is 1.24 bits per heavy atom. The number of thiol groups is 1. The van der Waals surface area contributed by atoms with Crippen LogP contribution in [0.5, 0.6) is 0 Å². The molecule has 0 saturated heterocycles. The van der Waals surface area contributed by atoms with E-state index in [-0.39, 0.29) is 5.25 Å². The van der Waals surface area contributed by atoms with E-state index in [4.69, 9.17) is 0 Å². The molecular formula is C12H19NO2S2. The maximum absolute atomic E-state index is 12.1. The molecule has 1 aromatic carbocycles. The van der Waals surface area contributed by atoms with E-state index in [0.717, 1.165) is 16.7 Å². The first-order valence-corrected chi connectivity index (χ1v) is 7.49. The lowest BCUT2D eigenvalue weighted by Crippen LogP contribution is -2.29. The number of sulfonamides is 1. The molecule has 5 heteroatoms. The minimum Gasteiger partial charge on any atom is -0.210 e. The highest BCUT2D eigenvalue weighted by Crippen LogP contribution is 2.21. The van der Waals surface area contributed by atoms with E-state index in [0.29, 0.717) is 11.4 Å². The first kappa shape index (κ1) is 14.5. The zero-order chi connectivity index (χ0) is 13.2. The van der Waals surface area contributed by atoms with Crippen molar-refractivity contribution >= 4 is 22.7 Å². The zero-order valence-electron chi connectivity index (χ0n) is 10.6. The second-order valence-corrected chi connectivity index (χ2v) is 7.01. The molecule has 0 heterocycles. The van der Waals surface area contributed by atoms with E-state index in [1.165, 1.54) is 0 Å². The van der Waals surface area contributed by atoms with Gasteiger partial charge in [0.1, 0.15) is 0 Å². The van der Waals surface area contributed by atoms with Crippen molar-refractivity contribution in [3.63, 3.8) is 0 Å². The number of rotatable bonds is 4. The molecule has 0 aliphatic carbocycles. The minimum atomic E-state index is -3.43. The Labute approximate surface area is 109 Å². The predicted molar refractivity (Wildman–Crippen MR) is 74.3 cm³/mol. The van der Waals surface area contributed by atoms with E-state index in [2.05, 4.69) is 17.4 Å². The minimum absolute atomic E-state index is 0.00386. The van der Waals surface area contributed by atoms with Crippen LogP contribution in [0.25, 0.3) is 0 Å². The Morgan fingerprint density at radius 2 is 1.71 bits per heavy atom. The Morgan fingerprint density at radius 3 is 2.12 bits per heavy atom. The summed E-state index contributed by atoms with van der Waals surface area (Å²) in [5.41, 5.74) is 2.63. The Bertz CT molecular complexity index is 484. The third-order valence-electron chi connectivity index (χ3n) is 2.44. The Balaban J connectivity index is 3.16. The fraction of sp³-hybridized carbons (Fsp3) is 0.500. The molecule has 0 fully saturated rings. The molecule has 1 atom stereocenters. The van der Waals surface area contributed by atoms with Gasteiger partial charge in [-0.15, -0.1) is 0 Å². The Hall–Kier alpha value is -0.520. The lowest BCUT2D eigenvalue weighted by atomic mass is 10.1. The van der Waals surface area contributed by atoms with Crippen molar-refractivity contribution in [3.8, 4) is 0 Å². The van der Waals surface area contributed by atoms with Gasteiger partial charge in [0.05, 0.1) is 4.90 Å². The number of aryl methyl sites for hydroxylation is 3. The van der Waals surface area contributed by atoms with E-state index < -0.39 is 10.0 Å². The van der Waals surface area contributed by atoms with Gasteiger partial charge in [0.2, 0.25) is 10.0 Å². The van der Waals surface area contributed by atoms with Crippen molar-refractivity contribution in [2.24, 2.45) is 0 Å². The summed E-state index contributed by atoms with van der Waals surface area (Å²) in [4.78, 5) is 0.386. The lowest BCUT2D eigenvalue weighted by Gasteiger charge is -2.13. The molecule has 0 spiro atoms. The first-order valence-electron chi connectivity index (χ1n) is 5.49. The van der Waals surface area contributed by atoms with Gasteiger partial charge in [-0.25, -0.2) is 13.1 Å². The average molecular weight is 273 g/mol. The summed E-state index contributed by atoms with van der Waals surface area (Å²) < 4.78 is 26.9. The molecule has 0 amide bonds. The molecule has 1 N–H and O–H groups in total. The van der Waals surface area contributed by atoms with Crippen LogP contribution in [-0.4, -0.2) is 20.2 Å². The number of hydrogen-bond acceptors (Lipinski definition) is 3. The van der Waals surface area contributed by atoms with Gasteiger partial charge in [0, 0.05) is 11.8 Å². The van der Waals surface area contributed by atoms with Crippen molar-refractivity contribution < 1.29 is 8.42 Å². The van der Waals surface area contributed by atoms with E-state index in [1.54, 1.807) is 0 Å². The molecule has 1 aromatic rings. The molecule has 0 aromatic heterocycles. The first-order chi connectivity index (χ1) is 7.74. The topological polar surface area (TPSA) is 46.2 Å². The molecule has 0 aliphatic heterocycles. The van der Waals surface area contributed by atoms with Gasteiger partial charge in [-0.3, -0.25) is 0 Å². The normalized spacial score (nSPS) is 13.7. The maximum atomic E-state index is 12.1. The zero-order valence-corrected chi connectivity index (χ0v) is 12.3. The number of benzene rings is 1. The highest BCUT2D eigenvalue weighted by molar-refractivity contribution is 7.89. The molecule has 1 rings (SSSR count). The standard InChI is InChI=1S/C12H19NO2S2/c1-8-5-9(2)12(10(3)6-8)17(14,15)13-7-11(4)16/h5-6,11,13,16H,7H2,1-4H3. The van der Waals surface area contributed by atoms with Crippen molar-refractivity contribution in [1.29, 1.82) is 0 Å². The fourth-order valence-corrected chi connectivity index (χ4v) is 3.69. The smallest absolute Gasteiger partial charge is 0.210 e. The quantitative estimate of drug-likeness (QED) is 0.826. The molecule has 0 bridgehead atoms. The highest BCUT2D eigenvalue weighted by atomic mass is 32.2. The highest BCUT2D eigenvalue weighted by Gasteiger charge is 2.19. The molecule has 3 nitrogen and oxygen atoms in total. The van der Waals surface area contributed by atoms with Crippen molar-refractivity contribution in [1.82, 2.24) is 4.72 Å². The predicted octanol–water partition coefficient (Wildman–Crippen LogP) is 2.21. The summed E-state index contributed by atoms with van der Waals surface area (Å²) >= 11 is 4.16. The Kier molecular flexibility index (Phi) is 4.63. The summed E-state index contributed by atoms with van der Waals surface area (Å²) in [5, 5.41) is -0.00386. The molecular weight excluding hydrogens is 254 g/mol. The summed E-state index contributed by atoms with van der Waals surface area (Å²) in [6, 6.07) is 3.76. The van der Waals surface area contributed by atoms with Crippen LogP contribution in [0, 0.1) is 20.8 Å². The third kappa shape index (κ3) is 3.72. The maximum Gasteiger partial charge on any atom is 0.241 e. The van der Waals surface area contributed by atoms with Gasteiger partial charge in [-0.2, -0.15) is 12.6 Å². The van der Waals surface area contributed by atoms with Crippen molar-refractivity contribution in [2.75, 3.05) is 6.54 Å². The second-order valence-electron chi connectivity index (χ2n) is 4.43. The van der Waals surface area contributed by atoms with Gasteiger partial charge >= 0.3 is 0 Å². The molecule has 0 radical (unpaired) electrons. The van der Waals surface area contributed by atoms with Crippen LogP contribution in [0.2, 0.25) is 0 Å². The summed E-state index contributed by atoms with van der Waals surface area (Å²) in [6.07, 6.45) is 0. The average Bonchev–Trinajstić information content (AvgIpc) is 2.12. The lowest BCUT2D eigenvalue weighted by molar-refractivity contribution is 0.580. The van der Waals surface area contributed by atoms with Crippen LogP contribution in [-0.2, 0) is 10.0 Å². The summed E-state index contributed by atoms with van der Waals surface area (Å²) in [6.45, 7) is 7.77. The van der Waals surface area contributed by atoms with E-state index in [1.807, 2.05) is 39.8 Å².